The van der Waals surface area contributed by atoms with E-state index in [0.29, 0.717) is 17.4 Å². The maximum atomic E-state index is 10.8. The third-order valence-electron chi connectivity index (χ3n) is 4.76. The molecule has 0 aliphatic heterocycles. The molecule has 3 rings (SSSR count). The minimum Gasteiger partial charge on any atom is -0.507 e. The van der Waals surface area contributed by atoms with E-state index in [1.54, 1.807) is 0 Å². The van der Waals surface area contributed by atoms with Gasteiger partial charge in [0.25, 0.3) is 0 Å². The maximum absolute atomic E-state index is 10.8. The van der Waals surface area contributed by atoms with Gasteiger partial charge in [0.1, 0.15) is 11.5 Å². The van der Waals surface area contributed by atoms with E-state index in [2.05, 4.69) is 19.9 Å². The van der Waals surface area contributed by atoms with Gasteiger partial charge in [0, 0.05) is 21.9 Å². The Labute approximate surface area is 132 Å². The van der Waals surface area contributed by atoms with Crippen LogP contribution in [0.2, 0.25) is 0 Å². The van der Waals surface area contributed by atoms with Gasteiger partial charge < -0.3 is 10.2 Å². The third kappa shape index (κ3) is 2.58. The van der Waals surface area contributed by atoms with Gasteiger partial charge in [0.15, 0.2) is 0 Å². The first kappa shape index (κ1) is 15.0. The molecule has 22 heavy (non-hydrogen) atoms. The van der Waals surface area contributed by atoms with Gasteiger partial charge in [0.2, 0.25) is 0 Å². The predicted molar refractivity (Wildman–Crippen MR) is 91.6 cm³/mol. The van der Waals surface area contributed by atoms with Crippen LogP contribution in [0.3, 0.4) is 0 Å². The molecule has 0 radical (unpaired) electrons. The molecule has 1 unspecified atom stereocenters. The fourth-order valence-electron chi connectivity index (χ4n) is 3.70. The summed E-state index contributed by atoms with van der Waals surface area (Å²) >= 11 is 0. The van der Waals surface area contributed by atoms with Crippen molar-refractivity contribution in [1.82, 2.24) is 0 Å². The van der Waals surface area contributed by atoms with E-state index in [1.807, 2.05) is 24.3 Å². The monoisotopic (exact) mass is 296 g/mol. The van der Waals surface area contributed by atoms with Crippen LogP contribution in [0.5, 0.6) is 11.5 Å². The molecule has 2 heteroatoms. The number of benzene rings is 2. The van der Waals surface area contributed by atoms with Crippen LogP contribution in [0, 0.1) is 0 Å². The van der Waals surface area contributed by atoms with Crippen LogP contribution < -0.4 is 0 Å². The summed E-state index contributed by atoms with van der Waals surface area (Å²) in [7, 11) is 0. The summed E-state index contributed by atoms with van der Waals surface area (Å²) in [4.78, 5) is 0. The molecule has 2 N–H and O–H groups in total. The summed E-state index contributed by atoms with van der Waals surface area (Å²) in [6, 6.07) is 7.60. The lowest BCUT2D eigenvalue weighted by Gasteiger charge is -2.28. The third-order valence-corrected chi connectivity index (χ3v) is 4.76. The average Bonchev–Trinajstić information content (AvgIpc) is 2.52. The summed E-state index contributed by atoms with van der Waals surface area (Å²) in [6.45, 7) is 4.23. The molecule has 0 heterocycles. The topological polar surface area (TPSA) is 40.5 Å². The fourth-order valence-corrected chi connectivity index (χ4v) is 3.70. The van der Waals surface area contributed by atoms with Crippen molar-refractivity contribution >= 4 is 10.8 Å². The SMILES string of the molecule is CC(C)=CCCC1CCCc2c1c(O)c1ccccc1c2O. The number of hydrogen-bond acceptors (Lipinski definition) is 2. The van der Waals surface area contributed by atoms with Crippen molar-refractivity contribution in [1.29, 1.82) is 0 Å². The number of aromatic hydroxyl groups is 2. The number of rotatable bonds is 3. The highest BCUT2D eigenvalue weighted by Crippen LogP contribution is 2.48. The molecule has 1 atom stereocenters. The van der Waals surface area contributed by atoms with Crippen LogP contribution >= 0.6 is 0 Å². The van der Waals surface area contributed by atoms with Crippen molar-refractivity contribution < 1.29 is 10.2 Å². The van der Waals surface area contributed by atoms with E-state index in [4.69, 9.17) is 0 Å². The molecule has 0 saturated carbocycles. The van der Waals surface area contributed by atoms with Crippen LogP contribution in [0.4, 0.5) is 0 Å². The minimum absolute atomic E-state index is 0.342. The fraction of sp³-hybridized carbons (Fsp3) is 0.400. The Kier molecular flexibility index (Phi) is 4.10. The molecule has 1 aliphatic carbocycles. The second-order valence-electron chi connectivity index (χ2n) is 6.58. The molecule has 0 fully saturated rings. The number of hydrogen-bond donors (Lipinski definition) is 2. The Balaban J connectivity index is 2.07. The van der Waals surface area contributed by atoms with Gasteiger partial charge in [-0.3, -0.25) is 0 Å². The first-order valence-electron chi connectivity index (χ1n) is 8.18. The lowest BCUT2D eigenvalue weighted by Crippen LogP contribution is -2.11. The number of phenolic OH excluding ortho intramolecular Hbond substituents is 2. The van der Waals surface area contributed by atoms with E-state index in [1.165, 1.54) is 5.57 Å². The Hall–Kier alpha value is -1.96. The molecular formula is C20H24O2. The number of allylic oxidation sites excluding steroid dienone is 2. The van der Waals surface area contributed by atoms with Crippen molar-refractivity contribution in [3.05, 3.63) is 47.0 Å². The second kappa shape index (κ2) is 6.04. The van der Waals surface area contributed by atoms with E-state index in [0.717, 1.165) is 54.0 Å². The molecule has 0 bridgehead atoms. The smallest absolute Gasteiger partial charge is 0.127 e. The molecule has 116 valence electrons. The lowest BCUT2D eigenvalue weighted by molar-refractivity contribution is 0.426. The summed E-state index contributed by atoms with van der Waals surface area (Å²) in [5, 5.41) is 22.9. The van der Waals surface area contributed by atoms with Crippen LogP contribution in [0.1, 0.15) is 56.6 Å². The molecule has 0 spiro atoms. The molecule has 0 saturated heterocycles. The molecule has 2 aromatic rings. The highest BCUT2D eigenvalue weighted by Gasteiger charge is 2.27. The van der Waals surface area contributed by atoms with Gasteiger partial charge in [-0.2, -0.15) is 0 Å². The zero-order chi connectivity index (χ0) is 15.7. The van der Waals surface area contributed by atoms with E-state index < -0.39 is 0 Å². The molecule has 2 aromatic carbocycles. The summed E-state index contributed by atoms with van der Waals surface area (Å²) < 4.78 is 0. The largest absolute Gasteiger partial charge is 0.507 e. The average molecular weight is 296 g/mol. The zero-order valence-corrected chi connectivity index (χ0v) is 13.4. The van der Waals surface area contributed by atoms with Crippen molar-refractivity contribution in [2.75, 3.05) is 0 Å². The van der Waals surface area contributed by atoms with Gasteiger partial charge >= 0.3 is 0 Å². The van der Waals surface area contributed by atoms with Crippen molar-refractivity contribution in [2.45, 2.75) is 51.9 Å². The van der Waals surface area contributed by atoms with Crippen LogP contribution in [-0.4, -0.2) is 10.2 Å². The summed E-state index contributed by atoms with van der Waals surface area (Å²) in [5.74, 6) is 1.09. The molecule has 2 nitrogen and oxygen atoms in total. The molecular weight excluding hydrogens is 272 g/mol. The van der Waals surface area contributed by atoms with Crippen LogP contribution in [-0.2, 0) is 6.42 Å². The van der Waals surface area contributed by atoms with Crippen molar-refractivity contribution in [2.24, 2.45) is 0 Å². The van der Waals surface area contributed by atoms with Crippen LogP contribution in [0.15, 0.2) is 35.9 Å². The Morgan fingerprint density at radius 1 is 1.14 bits per heavy atom. The lowest BCUT2D eigenvalue weighted by atomic mass is 9.78. The molecule has 0 aromatic heterocycles. The second-order valence-corrected chi connectivity index (χ2v) is 6.58. The zero-order valence-electron chi connectivity index (χ0n) is 13.4. The summed E-state index contributed by atoms with van der Waals surface area (Å²) in [6.07, 6.45) is 7.35. The minimum atomic E-state index is 0.342. The molecule has 0 amide bonds. The van der Waals surface area contributed by atoms with Gasteiger partial charge in [-0.25, -0.2) is 0 Å². The van der Waals surface area contributed by atoms with Gasteiger partial charge in [-0.05, 0) is 51.9 Å². The Morgan fingerprint density at radius 3 is 2.50 bits per heavy atom. The first-order chi connectivity index (χ1) is 10.6. The Bertz CT molecular complexity index is 724. The van der Waals surface area contributed by atoms with Gasteiger partial charge in [-0.1, -0.05) is 35.9 Å². The van der Waals surface area contributed by atoms with Gasteiger partial charge in [0.05, 0.1) is 0 Å². The van der Waals surface area contributed by atoms with Crippen molar-refractivity contribution in [3.63, 3.8) is 0 Å². The standard InChI is InChI=1S/C20H24O2/c1-13(2)7-5-8-14-9-6-12-17-18(14)20(22)16-11-4-3-10-15(16)19(17)21/h3-4,7,10-11,14,21-22H,5-6,8-9,12H2,1-2H3. The van der Waals surface area contributed by atoms with E-state index in [9.17, 15) is 10.2 Å². The Morgan fingerprint density at radius 2 is 1.82 bits per heavy atom. The van der Waals surface area contributed by atoms with Gasteiger partial charge in [-0.15, -0.1) is 0 Å². The predicted octanol–water partition coefficient (Wildman–Crippen LogP) is 5.42. The van der Waals surface area contributed by atoms with E-state index in [-0.39, 0.29) is 0 Å². The summed E-state index contributed by atoms with van der Waals surface area (Å²) in [5.41, 5.74) is 3.29. The quantitative estimate of drug-likeness (QED) is 0.586. The maximum Gasteiger partial charge on any atom is 0.127 e. The van der Waals surface area contributed by atoms with E-state index >= 15 is 0 Å². The number of phenols is 2. The normalized spacial score (nSPS) is 17.3. The van der Waals surface area contributed by atoms with Crippen LogP contribution in [0.25, 0.3) is 10.8 Å². The van der Waals surface area contributed by atoms with Crippen molar-refractivity contribution in [3.8, 4) is 11.5 Å². The number of fused-ring (bicyclic) bond motifs is 2. The first-order valence-corrected chi connectivity index (χ1v) is 8.18. The highest BCUT2D eigenvalue weighted by atomic mass is 16.3. The highest BCUT2D eigenvalue weighted by molar-refractivity contribution is 5.95. The molecule has 1 aliphatic rings.